The van der Waals surface area contributed by atoms with Gasteiger partial charge in [-0.1, -0.05) is 37.6 Å². The van der Waals surface area contributed by atoms with Gasteiger partial charge in [0.2, 0.25) is 0 Å². The molecule has 2 aliphatic rings. The number of unbranched alkanes of at least 4 members (excludes halogenated alkanes) is 1. The van der Waals surface area contributed by atoms with Crippen LogP contribution >= 0.6 is 0 Å². The number of carboxylic acid groups (broad SMARTS) is 1. The van der Waals surface area contributed by atoms with Crippen LogP contribution in [0.5, 0.6) is 0 Å². The van der Waals surface area contributed by atoms with Gasteiger partial charge in [0.15, 0.2) is 0 Å². The second-order valence-corrected chi connectivity index (χ2v) is 7.60. The molecule has 0 aromatic carbocycles. The van der Waals surface area contributed by atoms with Crippen molar-refractivity contribution in [2.45, 2.75) is 82.0 Å². The van der Waals surface area contributed by atoms with Crippen molar-refractivity contribution in [3.8, 4) is 0 Å². The van der Waals surface area contributed by atoms with E-state index in [1.165, 1.54) is 12.2 Å². The van der Waals surface area contributed by atoms with E-state index in [2.05, 4.69) is 0 Å². The number of aliphatic hydroxyl groups excluding tert-OH is 2. The molecule has 9 heteroatoms. The van der Waals surface area contributed by atoms with Crippen molar-refractivity contribution in [1.82, 2.24) is 0 Å². The fourth-order valence-electron chi connectivity index (χ4n) is 3.90. The number of rotatable bonds is 10. The Balaban J connectivity index is 0.00000420. The van der Waals surface area contributed by atoms with Crippen molar-refractivity contribution in [2.24, 2.45) is 11.8 Å². The van der Waals surface area contributed by atoms with E-state index < -0.39 is 60.7 Å². The molecule has 0 aromatic heterocycles. The fraction of sp³-hybridized carbons (Fsp3) is 0.750. The monoisotopic (exact) mass is 430 g/mol. The van der Waals surface area contributed by atoms with E-state index in [1.807, 2.05) is 0 Å². The van der Waals surface area contributed by atoms with E-state index in [0.29, 0.717) is 6.42 Å². The summed E-state index contributed by atoms with van der Waals surface area (Å²) >= 11 is 0. The molecule has 0 radical (unpaired) electrons. The van der Waals surface area contributed by atoms with Crippen LogP contribution in [0.2, 0.25) is 0 Å². The summed E-state index contributed by atoms with van der Waals surface area (Å²) in [5, 5.41) is 28.6. The zero-order valence-electron chi connectivity index (χ0n) is 15.9. The number of halogens is 3. The molecule has 1 heterocycles. The zero-order chi connectivity index (χ0) is 20.9. The summed E-state index contributed by atoms with van der Waals surface area (Å²) in [4.78, 5) is 10.5. The molecular formula is C20H30F3NaO5. The molecule has 162 valence electrons. The van der Waals surface area contributed by atoms with Crippen molar-refractivity contribution >= 4 is 35.5 Å². The summed E-state index contributed by atoms with van der Waals surface area (Å²) < 4.78 is 48.2. The molecular weight excluding hydrogens is 400 g/mol. The average Bonchev–Trinajstić information content (AvgIpc) is 3.09. The molecule has 0 amide bonds. The van der Waals surface area contributed by atoms with Gasteiger partial charge in [-0.25, -0.2) is 13.2 Å². The van der Waals surface area contributed by atoms with Gasteiger partial charge in [0.1, 0.15) is 18.4 Å². The Morgan fingerprint density at radius 2 is 2.03 bits per heavy atom. The number of aliphatic carboxylic acids is 1. The number of hydrogen-bond acceptors (Lipinski definition) is 4. The third kappa shape index (κ3) is 7.08. The van der Waals surface area contributed by atoms with Crippen LogP contribution < -0.4 is 0 Å². The molecule has 2 rings (SSSR count). The second kappa shape index (κ2) is 11.9. The van der Waals surface area contributed by atoms with E-state index in [4.69, 9.17) is 9.84 Å². The topological polar surface area (TPSA) is 87.0 Å². The molecule has 0 aromatic rings. The first-order valence-electron chi connectivity index (χ1n) is 9.77. The Morgan fingerprint density at radius 3 is 2.66 bits per heavy atom. The Hall–Kier alpha value is -0.380. The van der Waals surface area contributed by atoms with Crippen LogP contribution in [0.1, 0.15) is 45.4 Å². The van der Waals surface area contributed by atoms with Crippen molar-refractivity contribution in [3.05, 3.63) is 24.3 Å². The maximum atomic E-state index is 14.8. The Labute approximate surface area is 191 Å². The molecule has 5 nitrogen and oxygen atoms in total. The van der Waals surface area contributed by atoms with E-state index in [1.54, 1.807) is 13.0 Å². The van der Waals surface area contributed by atoms with Crippen LogP contribution in [0.15, 0.2) is 24.3 Å². The van der Waals surface area contributed by atoms with E-state index >= 15 is 0 Å². The number of hydrogen-bond donors (Lipinski definition) is 3. The predicted octanol–water partition coefficient (Wildman–Crippen LogP) is 2.60. The number of carbonyl (C=O) groups is 1. The third-order valence-corrected chi connectivity index (χ3v) is 5.47. The molecule has 1 saturated heterocycles. The molecule has 29 heavy (non-hydrogen) atoms. The van der Waals surface area contributed by atoms with Gasteiger partial charge in [0.05, 0.1) is 12.2 Å². The van der Waals surface area contributed by atoms with Crippen molar-refractivity contribution in [2.75, 3.05) is 0 Å². The number of ether oxygens (including phenoxy) is 1. The Kier molecular flexibility index (Phi) is 10.9. The minimum absolute atomic E-state index is 0. The normalized spacial score (nSPS) is 33.2. The van der Waals surface area contributed by atoms with Crippen LogP contribution in [0.4, 0.5) is 13.2 Å². The van der Waals surface area contributed by atoms with Gasteiger partial charge in [0.25, 0.3) is 5.92 Å². The van der Waals surface area contributed by atoms with Crippen molar-refractivity contribution in [3.63, 3.8) is 0 Å². The molecule has 1 aliphatic carbocycles. The Bertz CT molecular complexity index is 586. The molecule has 0 spiro atoms. The molecule has 3 N–H and O–H groups in total. The summed E-state index contributed by atoms with van der Waals surface area (Å²) in [6, 6.07) is 0. The number of fused-ring (bicyclic) bond motifs is 1. The quantitative estimate of drug-likeness (QED) is 0.366. The van der Waals surface area contributed by atoms with Gasteiger partial charge >= 0.3 is 35.5 Å². The summed E-state index contributed by atoms with van der Waals surface area (Å²) in [5.41, 5.74) is 0. The van der Waals surface area contributed by atoms with Gasteiger partial charge < -0.3 is 20.1 Å². The summed E-state index contributed by atoms with van der Waals surface area (Å²) in [6.45, 7) is 1.78. The average molecular weight is 430 g/mol. The van der Waals surface area contributed by atoms with Crippen molar-refractivity contribution in [1.29, 1.82) is 0 Å². The summed E-state index contributed by atoms with van der Waals surface area (Å²) in [7, 11) is 0. The first-order valence-corrected chi connectivity index (χ1v) is 9.77. The molecule has 0 bridgehead atoms. The van der Waals surface area contributed by atoms with Gasteiger partial charge in [0, 0.05) is 31.1 Å². The van der Waals surface area contributed by atoms with Crippen LogP contribution in [0.3, 0.4) is 0 Å². The third-order valence-electron chi connectivity index (χ3n) is 5.47. The van der Waals surface area contributed by atoms with Gasteiger partial charge in [-0.3, -0.25) is 4.79 Å². The standard InChI is InChI=1S/C20H29F3O5.Na.H/c1-2-3-10-20(22,23)16(25)9-8-12-13(24)11-15-18(12)19(21)14(28-15)6-4-5-7-17(26)27;;/h4,6,8-9,12-16,18-19,24-25H,2-3,5,7,10-11H2,1H3,(H,26,27);;/b6-4+,9-8+;;/t12-,13+,14?,15-,16+,18+,19?;;/m0../s1. The first kappa shape index (κ1) is 26.7. The SMILES string of the molecule is CCCCC(F)(F)[C@H](O)/C=C/[C@@H]1[C@H]2C(F)C(/C=C/CCC(=O)O)O[C@H]2C[C@H]1O.[NaH]. The molecule has 1 saturated carbocycles. The summed E-state index contributed by atoms with van der Waals surface area (Å²) in [6.07, 6.45) is 0.280. The van der Waals surface area contributed by atoms with Gasteiger partial charge in [-0.05, 0) is 12.8 Å². The second-order valence-electron chi connectivity index (χ2n) is 7.60. The predicted molar refractivity (Wildman–Crippen MR) is 104 cm³/mol. The fourth-order valence-corrected chi connectivity index (χ4v) is 3.90. The molecule has 2 fully saturated rings. The maximum absolute atomic E-state index is 14.8. The van der Waals surface area contributed by atoms with E-state index in [9.17, 15) is 28.2 Å². The molecule has 7 atom stereocenters. The minimum atomic E-state index is -3.27. The van der Waals surface area contributed by atoms with Crippen LogP contribution in [0.25, 0.3) is 0 Å². The molecule has 2 unspecified atom stereocenters. The number of carboxylic acids is 1. The van der Waals surface area contributed by atoms with Crippen LogP contribution in [-0.4, -0.2) is 87.4 Å². The van der Waals surface area contributed by atoms with Crippen LogP contribution in [0, 0.1) is 11.8 Å². The molecule has 1 aliphatic heterocycles. The van der Waals surface area contributed by atoms with Crippen molar-refractivity contribution < 1.29 is 38.0 Å². The van der Waals surface area contributed by atoms with E-state index in [0.717, 1.165) is 6.08 Å². The van der Waals surface area contributed by atoms with Crippen LogP contribution in [-0.2, 0) is 9.53 Å². The number of allylic oxidation sites excluding steroid dienone is 1. The Morgan fingerprint density at radius 1 is 1.34 bits per heavy atom. The first-order chi connectivity index (χ1) is 13.2. The zero-order valence-corrected chi connectivity index (χ0v) is 15.9. The van der Waals surface area contributed by atoms with Gasteiger partial charge in [-0.2, -0.15) is 0 Å². The van der Waals surface area contributed by atoms with E-state index in [-0.39, 0.29) is 55.2 Å². The van der Waals surface area contributed by atoms with Gasteiger partial charge in [-0.15, -0.1) is 0 Å². The summed E-state index contributed by atoms with van der Waals surface area (Å²) in [5.74, 6) is -5.65. The number of aliphatic hydroxyl groups is 2. The number of alkyl halides is 3.